The van der Waals surface area contributed by atoms with E-state index >= 15 is 0 Å². The van der Waals surface area contributed by atoms with E-state index in [1.807, 2.05) is 4.90 Å². The smallest absolute Gasteiger partial charge is 0.254 e. The number of rotatable bonds is 7. The van der Waals surface area contributed by atoms with Crippen molar-refractivity contribution in [2.75, 3.05) is 11.0 Å². The topological polar surface area (TPSA) is 66.5 Å². The molecule has 0 unspecified atom stereocenters. The Kier molecular flexibility index (Phi) is 5.56. The van der Waals surface area contributed by atoms with Gasteiger partial charge in [-0.1, -0.05) is 44.2 Å². The van der Waals surface area contributed by atoms with Gasteiger partial charge in [0.15, 0.2) is 0 Å². The van der Waals surface area contributed by atoms with Crippen molar-refractivity contribution >= 4 is 21.6 Å². The Balaban J connectivity index is 1.79. The van der Waals surface area contributed by atoms with Gasteiger partial charge in [-0.2, -0.15) is 0 Å². The molecule has 2 aromatic rings. The number of hydrogen-bond donors (Lipinski definition) is 1. The largest absolute Gasteiger partial charge is 0.331 e. The molecule has 0 aliphatic heterocycles. The maximum Gasteiger partial charge on any atom is 0.254 e. The first-order chi connectivity index (χ1) is 12.7. The summed E-state index contributed by atoms with van der Waals surface area (Å²) in [5, 5.41) is 0. The summed E-state index contributed by atoms with van der Waals surface area (Å²) in [6.07, 6.45) is 3.12. The molecule has 0 radical (unpaired) electrons. The van der Waals surface area contributed by atoms with Gasteiger partial charge in [-0.15, -0.1) is 0 Å². The minimum absolute atomic E-state index is 0.0670. The fourth-order valence-electron chi connectivity index (χ4n) is 3.05. The monoisotopic (exact) mass is 386 g/mol. The summed E-state index contributed by atoms with van der Waals surface area (Å²) in [5.74, 6) is 0.410. The van der Waals surface area contributed by atoms with Crippen LogP contribution in [0.15, 0.2) is 48.5 Å². The molecule has 6 heteroatoms. The molecular weight excluding hydrogens is 360 g/mol. The van der Waals surface area contributed by atoms with E-state index in [1.54, 1.807) is 24.3 Å². The molecule has 0 bridgehead atoms. The minimum atomic E-state index is -3.38. The summed E-state index contributed by atoms with van der Waals surface area (Å²) in [6.45, 7) is 4.88. The molecule has 1 saturated carbocycles. The maximum absolute atomic E-state index is 13.1. The Bertz CT molecular complexity index is 917. The van der Waals surface area contributed by atoms with Crippen LogP contribution in [0.25, 0.3) is 0 Å². The summed E-state index contributed by atoms with van der Waals surface area (Å²) in [4.78, 5) is 15.0. The van der Waals surface area contributed by atoms with Gasteiger partial charge in [0.2, 0.25) is 10.0 Å². The summed E-state index contributed by atoms with van der Waals surface area (Å²) in [7, 11) is -3.38. The molecule has 1 N–H and O–H groups in total. The lowest BCUT2D eigenvalue weighted by Crippen LogP contribution is -2.32. The van der Waals surface area contributed by atoms with Crippen LogP contribution in [0.4, 0.5) is 5.69 Å². The first kappa shape index (κ1) is 19.4. The first-order valence-electron chi connectivity index (χ1n) is 9.20. The van der Waals surface area contributed by atoms with Gasteiger partial charge in [0.25, 0.3) is 5.91 Å². The van der Waals surface area contributed by atoms with E-state index in [2.05, 4.69) is 42.8 Å². The maximum atomic E-state index is 13.1. The molecule has 5 nitrogen and oxygen atoms in total. The Morgan fingerprint density at radius 2 is 1.81 bits per heavy atom. The number of hydrogen-bond acceptors (Lipinski definition) is 3. The average molecular weight is 387 g/mol. The fraction of sp³-hybridized carbons (Fsp3) is 0.381. The number of nitrogens with zero attached hydrogens (tertiary/aromatic N) is 1. The van der Waals surface area contributed by atoms with Gasteiger partial charge in [0.1, 0.15) is 0 Å². The summed E-state index contributed by atoms with van der Waals surface area (Å²) < 4.78 is 25.3. The van der Waals surface area contributed by atoms with E-state index in [4.69, 9.17) is 0 Å². The number of carbonyl (C=O) groups is 1. The quantitative estimate of drug-likeness (QED) is 0.782. The third kappa shape index (κ3) is 5.32. The van der Waals surface area contributed by atoms with Crippen LogP contribution in [0.1, 0.15) is 54.1 Å². The number of carbonyl (C=O) groups excluding carboxylic acids is 1. The second-order valence-corrected chi connectivity index (χ2v) is 9.26. The van der Waals surface area contributed by atoms with E-state index in [9.17, 15) is 13.2 Å². The van der Waals surface area contributed by atoms with E-state index < -0.39 is 10.0 Å². The zero-order valence-corrected chi connectivity index (χ0v) is 16.8. The lowest BCUT2D eigenvalue weighted by molar-refractivity contribution is 0.0730. The molecular formula is C21H26N2O3S. The molecule has 1 amide bonds. The zero-order valence-electron chi connectivity index (χ0n) is 16.0. The second kappa shape index (κ2) is 7.72. The van der Waals surface area contributed by atoms with Gasteiger partial charge >= 0.3 is 0 Å². The van der Waals surface area contributed by atoms with Crippen molar-refractivity contribution < 1.29 is 13.2 Å². The molecule has 1 fully saturated rings. The predicted octanol–water partition coefficient (Wildman–Crippen LogP) is 3.99. The molecule has 0 heterocycles. The highest BCUT2D eigenvalue weighted by atomic mass is 32.2. The number of nitrogens with one attached hydrogen (secondary N) is 1. The fourth-order valence-corrected chi connectivity index (χ4v) is 3.61. The van der Waals surface area contributed by atoms with Gasteiger partial charge in [0, 0.05) is 23.8 Å². The molecule has 0 atom stereocenters. The molecule has 144 valence electrons. The van der Waals surface area contributed by atoms with Gasteiger partial charge in [0.05, 0.1) is 6.26 Å². The molecule has 3 rings (SSSR count). The number of amides is 1. The summed E-state index contributed by atoms with van der Waals surface area (Å²) in [6, 6.07) is 15.3. The molecule has 1 aliphatic carbocycles. The lowest BCUT2D eigenvalue weighted by atomic mass is 10.0. The Morgan fingerprint density at radius 1 is 1.15 bits per heavy atom. The van der Waals surface area contributed by atoms with Crippen LogP contribution < -0.4 is 4.72 Å². The Hall–Kier alpha value is -2.34. The van der Waals surface area contributed by atoms with Crippen LogP contribution >= 0.6 is 0 Å². The molecule has 0 aromatic heterocycles. The van der Waals surface area contributed by atoms with Gasteiger partial charge in [-0.3, -0.25) is 9.52 Å². The lowest BCUT2D eigenvalue weighted by Gasteiger charge is -2.23. The average Bonchev–Trinajstić information content (AvgIpc) is 3.43. The minimum Gasteiger partial charge on any atom is -0.331 e. The van der Waals surface area contributed by atoms with Crippen LogP contribution in [0.3, 0.4) is 0 Å². The van der Waals surface area contributed by atoms with Gasteiger partial charge in [-0.25, -0.2) is 8.42 Å². The van der Waals surface area contributed by atoms with Crippen molar-refractivity contribution in [3.63, 3.8) is 0 Å². The van der Waals surface area contributed by atoms with Crippen LogP contribution in [0, 0.1) is 0 Å². The van der Waals surface area contributed by atoms with E-state index in [-0.39, 0.29) is 11.9 Å². The van der Waals surface area contributed by atoms with Crippen molar-refractivity contribution in [3.05, 3.63) is 65.2 Å². The SMILES string of the molecule is CC(C)c1ccc(CN(C(=O)c2cccc(NS(C)(=O)=O)c2)C2CC2)cc1. The highest BCUT2D eigenvalue weighted by Gasteiger charge is 2.33. The van der Waals surface area contributed by atoms with Crippen molar-refractivity contribution in [1.82, 2.24) is 4.90 Å². The Morgan fingerprint density at radius 3 is 2.37 bits per heavy atom. The van der Waals surface area contributed by atoms with E-state index in [0.717, 1.165) is 24.7 Å². The van der Waals surface area contributed by atoms with Crippen molar-refractivity contribution in [1.29, 1.82) is 0 Å². The molecule has 1 aliphatic rings. The molecule has 27 heavy (non-hydrogen) atoms. The summed E-state index contributed by atoms with van der Waals surface area (Å²) >= 11 is 0. The third-order valence-electron chi connectivity index (χ3n) is 4.66. The third-order valence-corrected chi connectivity index (χ3v) is 5.27. The van der Waals surface area contributed by atoms with Crippen LogP contribution in [-0.4, -0.2) is 31.5 Å². The van der Waals surface area contributed by atoms with Gasteiger partial charge < -0.3 is 4.90 Å². The second-order valence-electron chi connectivity index (χ2n) is 7.52. The van der Waals surface area contributed by atoms with Crippen molar-refractivity contribution in [2.45, 2.75) is 45.2 Å². The highest BCUT2D eigenvalue weighted by Crippen LogP contribution is 2.30. The van der Waals surface area contributed by atoms with Crippen LogP contribution in [0.5, 0.6) is 0 Å². The number of anilines is 1. The standard InChI is InChI=1S/C21H26N2O3S/c1-15(2)17-9-7-16(8-10-17)14-23(20-11-12-20)21(24)18-5-4-6-19(13-18)22-27(3,25)26/h4-10,13,15,20,22H,11-12,14H2,1-3H3. The number of benzene rings is 2. The van der Waals surface area contributed by atoms with E-state index in [1.165, 1.54) is 5.56 Å². The molecule has 2 aromatic carbocycles. The summed E-state index contributed by atoms with van der Waals surface area (Å²) in [5.41, 5.74) is 3.28. The predicted molar refractivity (Wildman–Crippen MR) is 108 cm³/mol. The first-order valence-corrected chi connectivity index (χ1v) is 11.1. The van der Waals surface area contributed by atoms with Crippen LogP contribution in [0.2, 0.25) is 0 Å². The highest BCUT2D eigenvalue weighted by molar-refractivity contribution is 7.92. The van der Waals surface area contributed by atoms with E-state index in [0.29, 0.717) is 23.7 Å². The zero-order chi connectivity index (χ0) is 19.6. The molecule has 0 spiro atoms. The van der Waals surface area contributed by atoms with Crippen molar-refractivity contribution in [3.8, 4) is 0 Å². The molecule has 0 saturated heterocycles. The normalized spacial score (nSPS) is 14.2. The Labute approximate surface area is 161 Å². The van der Waals surface area contributed by atoms with Crippen LogP contribution in [-0.2, 0) is 16.6 Å². The number of sulfonamides is 1. The van der Waals surface area contributed by atoms with Gasteiger partial charge in [-0.05, 0) is 48.1 Å². The van der Waals surface area contributed by atoms with Crippen molar-refractivity contribution in [2.24, 2.45) is 0 Å².